The van der Waals surface area contributed by atoms with Crippen molar-refractivity contribution in [3.8, 4) is 0 Å². The van der Waals surface area contributed by atoms with Gasteiger partial charge in [-0.1, -0.05) is 6.42 Å². The predicted molar refractivity (Wildman–Crippen MR) is 80.9 cm³/mol. The van der Waals surface area contributed by atoms with Crippen molar-refractivity contribution < 1.29 is 22.8 Å². The first-order chi connectivity index (χ1) is 10.3. The summed E-state index contributed by atoms with van der Waals surface area (Å²) in [5.41, 5.74) is 6.15. The average molecular weight is 358 g/mol. The fraction of sp³-hybridized carbons (Fsp3) is 0.857. The van der Waals surface area contributed by atoms with Crippen molar-refractivity contribution in [1.29, 1.82) is 0 Å². The van der Waals surface area contributed by atoms with Crippen LogP contribution in [0.4, 0.5) is 13.2 Å². The Kier molecular flexibility index (Phi) is 7.13. The first kappa shape index (κ1) is 20.0. The number of carbonyl (C=O) groups excluding carboxylic acids is 2. The lowest BCUT2D eigenvalue weighted by atomic mass is 9.65. The van der Waals surface area contributed by atoms with Crippen LogP contribution in [0.5, 0.6) is 0 Å². The van der Waals surface area contributed by atoms with Gasteiger partial charge in [-0.05, 0) is 37.5 Å². The van der Waals surface area contributed by atoms with E-state index in [9.17, 15) is 22.8 Å². The fourth-order valence-electron chi connectivity index (χ4n) is 3.58. The Bertz CT molecular complexity index is 420. The molecule has 2 aliphatic rings. The second-order valence-electron chi connectivity index (χ2n) is 6.31. The molecule has 2 aliphatic carbocycles. The number of fused-ring (bicyclic) bond motifs is 2. The zero-order chi connectivity index (χ0) is 16.3. The zero-order valence-electron chi connectivity index (χ0n) is 12.7. The van der Waals surface area contributed by atoms with Crippen LogP contribution in [0.2, 0.25) is 0 Å². The van der Waals surface area contributed by atoms with Gasteiger partial charge in [-0.2, -0.15) is 13.2 Å². The highest BCUT2D eigenvalue weighted by Gasteiger charge is 2.40. The van der Waals surface area contributed by atoms with Gasteiger partial charge in [-0.15, -0.1) is 12.4 Å². The second kappa shape index (κ2) is 8.19. The Morgan fingerprint density at radius 1 is 1.09 bits per heavy atom. The molecule has 5 nitrogen and oxygen atoms in total. The Hall–Kier alpha value is -1.02. The molecule has 23 heavy (non-hydrogen) atoms. The maximum atomic E-state index is 12.1. The van der Waals surface area contributed by atoms with E-state index in [0.717, 1.165) is 19.3 Å². The van der Waals surface area contributed by atoms with Crippen molar-refractivity contribution in [1.82, 2.24) is 10.6 Å². The number of hydrogen-bond acceptors (Lipinski definition) is 3. The minimum absolute atomic E-state index is 0. The van der Waals surface area contributed by atoms with Gasteiger partial charge in [0.2, 0.25) is 11.8 Å². The molecule has 2 bridgehead atoms. The molecule has 4 N–H and O–H groups in total. The van der Waals surface area contributed by atoms with E-state index < -0.39 is 25.2 Å². The molecule has 2 amide bonds. The summed E-state index contributed by atoms with van der Waals surface area (Å²) < 4.78 is 35.9. The summed E-state index contributed by atoms with van der Waals surface area (Å²) >= 11 is 0. The molecule has 0 heterocycles. The Morgan fingerprint density at radius 2 is 1.65 bits per heavy atom. The quantitative estimate of drug-likeness (QED) is 0.710. The third-order valence-electron chi connectivity index (χ3n) is 4.69. The summed E-state index contributed by atoms with van der Waals surface area (Å²) in [6.45, 7) is -1.81. The number of hydrogen-bond donors (Lipinski definition) is 3. The maximum Gasteiger partial charge on any atom is 0.405 e. The maximum absolute atomic E-state index is 12.1. The third kappa shape index (κ3) is 5.84. The molecule has 2 unspecified atom stereocenters. The van der Waals surface area contributed by atoms with Crippen LogP contribution < -0.4 is 16.4 Å². The molecule has 2 atom stereocenters. The topological polar surface area (TPSA) is 84.2 Å². The largest absolute Gasteiger partial charge is 0.405 e. The molecule has 0 saturated heterocycles. The van der Waals surface area contributed by atoms with Crippen LogP contribution in [0, 0.1) is 17.8 Å². The van der Waals surface area contributed by atoms with Crippen LogP contribution in [0.25, 0.3) is 0 Å². The normalized spacial score (nSPS) is 30.1. The fourth-order valence-corrected chi connectivity index (χ4v) is 3.58. The predicted octanol–water partition coefficient (Wildman–Crippen LogP) is 1.36. The number of nitrogens with two attached hydrogens (primary N) is 1. The molecular formula is C14H23ClF3N3O2. The molecule has 134 valence electrons. The Balaban J connectivity index is 0.00000264. The van der Waals surface area contributed by atoms with Gasteiger partial charge in [0.1, 0.15) is 6.54 Å². The number of alkyl halides is 3. The zero-order valence-corrected chi connectivity index (χ0v) is 13.5. The molecule has 0 radical (unpaired) electrons. The van der Waals surface area contributed by atoms with Crippen molar-refractivity contribution in [2.24, 2.45) is 23.5 Å². The van der Waals surface area contributed by atoms with Gasteiger partial charge >= 0.3 is 6.18 Å². The van der Waals surface area contributed by atoms with Gasteiger partial charge in [0, 0.05) is 12.0 Å². The Labute approximate surface area is 139 Å². The van der Waals surface area contributed by atoms with Crippen LogP contribution >= 0.6 is 12.4 Å². The summed E-state index contributed by atoms with van der Waals surface area (Å²) in [6, 6.07) is 0.146. The molecule has 0 aliphatic heterocycles. The van der Waals surface area contributed by atoms with Crippen molar-refractivity contribution in [3.05, 3.63) is 0 Å². The molecular weight excluding hydrogens is 335 g/mol. The van der Waals surface area contributed by atoms with Gasteiger partial charge in [-0.25, -0.2) is 0 Å². The van der Waals surface area contributed by atoms with E-state index in [1.54, 1.807) is 5.32 Å². The highest BCUT2D eigenvalue weighted by Crippen LogP contribution is 2.41. The monoisotopic (exact) mass is 357 g/mol. The highest BCUT2D eigenvalue weighted by molar-refractivity contribution is 5.86. The molecule has 0 aromatic rings. The summed E-state index contributed by atoms with van der Waals surface area (Å²) in [7, 11) is 0. The van der Waals surface area contributed by atoms with E-state index >= 15 is 0 Å². The van der Waals surface area contributed by atoms with E-state index in [2.05, 4.69) is 5.32 Å². The number of rotatable bonds is 4. The number of carbonyl (C=O) groups is 2. The second-order valence-corrected chi connectivity index (χ2v) is 6.31. The first-order valence-electron chi connectivity index (χ1n) is 7.63. The molecule has 0 aromatic carbocycles. The number of halogens is 4. The van der Waals surface area contributed by atoms with Crippen molar-refractivity contribution in [2.75, 3.05) is 13.1 Å². The first-order valence-corrected chi connectivity index (χ1v) is 7.63. The third-order valence-corrected chi connectivity index (χ3v) is 4.69. The van der Waals surface area contributed by atoms with Gasteiger partial charge < -0.3 is 16.4 Å². The van der Waals surface area contributed by atoms with Gasteiger partial charge in [0.15, 0.2) is 0 Å². The van der Waals surface area contributed by atoms with E-state index in [-0.39, 0.29) is 30.3 Å². The van der Waals surface area contributed by atoms with E-state index in [0.29, 0.717) is 24.7 Å². The lowest BCUT2D eigenvalue weighted by Crippen LogP contribution is -2.50. The van der Waals surface area contributed by atoms with Crippen molar-refractivity contribution in [3.63, 3.8) is 0 Å². The average Bonchev–Trinajstić information content (AvgIpc) is 2.41. The van der Waals surface area contributed by atoms with Gasteiger partial charge in [0.05, 0.1) is 6.54 Å². The molecule has 2 fully saturated rings. The molecule has 9 heteroatoms. The Morgan fingerprint density at radius 3 is 2.17 bits per heavy atom. The van der Waals surface area contributed by atoms with Crippen LogP contribution in [-0.2, 0) is 9.59 Å². The van der Waals surface area contributed by atoms with Crippen molar-refractivity contribution >= 4 is 24.2 Å². The summed E-state index contributed by atoms with van der Waals surface area (Å²) in [5.74, 6) is -0.612. The van der Waals surface area contributed by atoms with Gasteiger partial charge in [0.25, 0.3) is 0 Å². The molecule has 0 aromatic heterocycles. The van der Waals surface area contributed by atoms with Crippen molar-refractivity contribution in [2.45, 2.75) is 44.3 Å². The SMILES string of the molecule is Cl.NC1C2CCCC1CC(C(=O)NCC(=O)NCC(F)(F)F)C2. The van der Waals surface area contributed by atoms with E-state index in [4.69, 9.17) is 5.73 Å². The molecule has 2 rings (SSSR count). The summed E-state index contributed by atoms with van der Waals surface area (Å²) in [5, 5.41) is 4.16. The van der Waals surface area contributed by atoms with E-state index in [1.165, 1.54) is 0 Å². The minimum atomic E-state index is -4.45. The summed E-state index contributed by atoms with van der Waals surface area (Å²) in [4.78, 5) is 23.4. The molecule has 2 saturated carbocycles. The lowest BCUT2D eigenvalue weighted by molar-refractivity contribution is -0.139. The van der Waals surface area contributed by atoms with Crippen LogP contribution in [0.15, 0.2) is 0 Å². The van der Waals surface area contributed by atoms with Crippen LogP contribution in [0.3, 0.4) is 0 Å². The molecule has 0 spiro atoms. The van der Waals surface area contributed by atoms with Gasteiger partial charge in [-0.3, -0.25) is 9.59 Å². The minimum Gasteiger partial charge on any atom is -0.347 e. The standard InChI is InChI=1S/C14H22F3N3O2.ClH/c15-14(16,17)7-20-11(21)6-19-13(22)10-4-8-2-1-3-9(5-10)12(8)18;/h8-10,12H,1-7,18H2,(H,19,22)(H,20,21);1H. The highest BCUT2D eigenvalue weighted by atomic mass is 35.5. The number of nitrogens with one attached hydrogen (secondary N) is 2. The smallest absolute Gasteiger partial charge is 0.347 e. The number of amides is 2. The van der Waals surface area contributed by atoms with E-state index in [1.807, 2.05) is 0 Å². The van der Waals surface area contributed by atoms with Crippen LogP contribution in [0.1, 0.15) is 32.1 Å². The lowest BCUT2D eigenvalue weighted by Gasteiger charge is -2.43. The van der Waals surface area contributed by atoms with Crippen LogP contribution in [-0.4, -0.2) is 37.1 Å². The summed E-state index contributed by atoms with van der Waals surface area (Å²) in [6.07, 6.45) is 0.135.